The molecular weight excluding hydrogens is 326 g/mol. The summed E-state index contributed by atoms with van der Waals surface area (Å²) in [6.07, 6.45) is 2.06. The average molecular weight is 347 g/mol. The Kier molecular flexibility index (Phi) is 4.98. The van der Waals surface area contributed by atoms with Crippen LogP contribution in [0, 0.1) is 0 Å². The molecule has 124 valence electrons. The summed E-state index contributed by atoms with van der Waals surface area (Å²) in [5, 5.41) is 0. The monoisotopic (exact) mass is 347 g/mol. The van der Waals surface area contributed by atoms with Crippen LogP contribution in [0.3, 0.4) is 0 Å². The highest BCUT2D eigenvalue weighted by molar-refractivity contribution is 7.92. The lowest BCUT2D eigenvalue weighted by Crippen LogP contribution is -2.31. The Bertz CT molecular complexity index is 745. The van der Waals surface area contributed by atoms with Gasteiger partial charge >= 0.3 is 0 Å². The van der Waals surface area contributed by atoms with Crippen molar-refractivity contribution in [1.29, 1.82) is 0 Å². The first-order valence-electron chi connectivity index (χ1n) is 7.13. The quantitative estimate of drug-likeness (QED) is 0.771. The van der Waals surface area contributed by atoms with Crippen molar-refractivity contribution >= 4 is 31.6 Å². The van der Waals surface area contributed by atoms with E-state index >= 15 is 0 Å². The van der Waals surface area contributed by atoms with E-state index in [0.29, 0.717) is 30.8 Å². The maximum absolute atomic E-state index is 12.4. The summed E-state index contributed by atoms with van der Waals surface area (Å²) in [7, 11) is -5.68. The van der Waals surface area contributed by atoms with Gasteiger partial charge in [-0.1, -0.05) is 19.4 Å². The Balaban J connectivity index is 2.30. The third-order valence-corrected chi connectivity index (χ3v) is 6.45. The minimum Gasteiger partial charge on any atom is -0.271 e. The Morgan fingerprint density at radius 1 is 1.23 bits per heavy atom. The van der Waals surface area contributed by atoms with Crippen LogP contribution in [0.5, 0.6) is 0 Å². The minimum atomic E-state index is -3.63. The number of unbranched alkanes of at least 4 members (excludes halogenated alkanes) is 1. The first-order chi connectivity index (χ1) is 10.3. The molecule has 0 spiro atoms. The van der Waals surface area contributed by atoms with Crippen molar-refractivity contribution in [2.75, 3.05) is 28.4 Å². The fraction of sp³-hybridized carbons (Fsp3) is 0.538. The summed E-state index contributed by atoms with van der Waals surface area (Å²) < 4.78 is 53.7. The van der Waals surface area contributed by atoms with Gasteiger partial charge in [-0.15, -0.1) is 0 Å². The van der Waals surface area contributed by atoms with E-state index in [2.05, 4.69) is 9.44 Å². The number of nitrogens with zero attached hydrogens (tertiary/aromatic N) is 1. The Hall–Kier alpha value is -1.32. The second-order valence-corrected chi connectivity index (χ2v) is 8.78. The summed E-state index contributed by atoms with van der Waals surface area (Å²) in [4.78, 5) is 0. The number of rotatable bonds is 7. The van der Waals surface area contributed by atoms with Crippen LogP contribution in [-0.4, -0.2) is 36.2 Å². The molecule has 2 rings (SSSR count). The van der Waals surface area contributed by atoms with Crippen LogP contribution >= 0.6 is 0 Å². The number of nitrogens with one attached hydrogen (secondary N) is 2. The summed E-state index contributed by atoms with van der Waals surface area (Å²) >= 11 is 0. The van der Waals surface area contributed by atoms with E-state index in [-0.39, 0.29) is 5.75 Å². The highest BCUT2D eigenvalue weighted by Crippen LogP contribution is 2.33. The van der Waals surface area contributed by atoms with Gasteiger partial charge in [-0.25, -0.2) is 13.1 Å². The largest absolute Gasteiger partial charge is 0.298 e. The first kappa shape index (κ1) is 17.0. The molecule has 1 aliphatic rings. The number of benzene rings is 1. The third kappa shape index (κ3) is 3.71. The van der Waals surface area contributed by atoms with Crippen molar-refractivity contribution in [2.45, 2.75) is 26.2 Å². The minimum absolute atomic E-state index is 0.107. The molecule has 1 aliphatic heterocycles. The molecule has 9 heteroatoms. The van der Waals surface area contributed by atoms with E-state index in [0.717, 1.165) is 12.0 Å². The van der Waals surface area contributed by atoms with Gasteiger partial charge in [0.2, 0.25) is 10.0 Å². The Labute approximate surface area is 131 Å². The highest BCUT2D eigenvalue weighted by Gasteiger charge is 2.29. The molecule has 0 saturated heterocycles. The lowest BCUT2D eigenvalue weighted by Gasteiger charge is -2.20. The van der Waals surface area contributed by atoms with E-state index in [1.54, 1.807) is 18.2 Å². The van der Waals surface area contributed by atoms with E-state index in [1.807, 2.05) is 6.92 Å². The average Bonchev–Trinajstić information content (AvgIpc) is 2.88. The van der Waals surface area contributed by atoms with Crippen LogP contribution in [0.15, 0.2) is 18.2 Å². The predicted octanol–water partition coefficient (Wildman–Crippen LogP) is 1.06. The Morgan fingerprint density at radius 3 is 2.59 bits per heavy atom. The molecule has 1 heterocycles. The van der Waals surface area contributed by atoms with Gasteiger partial charge in [0.1, 0.15) is 0 Å². The normalized spacial score (nSPS) is 14.9. The molecule has 1 aromatic carbocycles. The molecule has 0 fully saturated rings. The maximum atomic E-state index is 12.4. The lowest BCUT2D eigenvalue weighted by atomic mass is 10.1. The number of hydrogen-bond acceptors (Lipinski definition) is 4. The standard InChI is InChI=1S/C13H21N3O4S2/c1-3-4-9-21(17,18)16-8-7-11-5-6-12(10-13(11)16)15-22(19,20)14-2/h5-6,10,14-15H,3-4,7-9H2,1-2H3. The molecule has 0 amide bonds. The molecule has 7 nitrogen and oxygen atoms in total. The maximum Gasteiger partial charge on any atom is 0.298 e. The van der Waals surface area contributed by atoms with Gasteiger partial charge in [-0.3, -0.25) is 9.03 Å². The van der Waals surface area contributed by atoms with Crippen molar-refractivity contribution in [3.63, 3.8) is 0 Å². The van der Waals surface area contributed by atoms with Crippen molar-refractivity contribution < 1.29 is 16.8 Å². The van der Waals surface area contributed by atoms with Gasteiger partial charge in [0.05, 0.1) is 17.1 Å². The van der Waals surface area contributed by atoms with Crippen LogP contribution in [0.2, 0.25) is 0 Å². The molecule has 2 N–H and O–H groups in total. The molecule has 0 radical (unpaired) electrons. The molecule has 22 heavy (non-hydrogen) atoms. The lowest BCUT2D eigenvalue weighted by molar-refractivity contribution is 0.588. The van der Waals surface area contributed by atoms with Gasteiger partial charge in [0.15, 0.2) is 0 Å². The highest BCUT2D eigenvalue weighted by atomic mass is 32.2. The van der Waals surface area contributed by atoms with E-state index < -0.39 is 20.2 Å². The second-order valence-electron chi connectivity index (χ2n) is 5.14. The van der Waals surface area contributed by atoms with Crippen LogP contribution in [-0.2, 0) is 26.7 Å². The molecule has 1 aromatic rings. The predicted molar refractivity (Wildman–Crippen MR) is 87.8 cm³/mol. The molecule has 0 aliphatic carbocycles. The van der Waals surface area contributed by atoms with Crippen molar-refractivity contribution in [1.82, 2.24) is 4.72 Å². The van der Waals surface area contributed by atoms with Gasteiger partial charge in [0.25, 0.3) is 10.2 Å². The summed E-state index contributed by atoms with van der Waals surface area (Å²) in [6.45, 7) is 2.35. The Morgan fingerprint density at radius 2 is 1.95 bits per heavy atom. The van der Waals surface area contributed by atoms with Gasteiger partial charge < -0.3 is 0 Å². The molecule has 0 unspecified atom stereocenters. The van der Waals surface area contributed by atoms with Crippen LogP contribution in [0.25, 0.3) is 0 Å². The molecular formula is C13H21N3O4S2. The number of fused-ring (bicyclic) bond motifs is 1. The van der Waals surface area contributed by atoms with Crippen molar-refractivity contribution in [2.24, 2.45) is 0 Å². The van der Waals surface area contributed by atoms with E-state index in [9.17, 15) is 16.8 Å². The fourth-order valence-corrected chi connectivity index (χ4v) is 4.60. The SMILES string of the molecule is CCCCS(=O)(=O)N1CCc2ccc(NS(=O)(=O)NC)cc21. The zero-order valence-electron chi connectivity index (χ0n) is 12.7. The molecule has 0 bridgehead atoms. The third-order valence-electron chi connectivity index (χ3n) is 3.55. The van der Waals surface area contributed by atoms with Crippen LogP contribution in [0.4, 0.5) is 11.4 Å². The van der Waals surface area contributed by atoms with Crippen LogP contribution in [0.1, 0.15) is 25.3 Å². The number of hydrogen-bond donors (Lipinski definition) is 2. The summed E-state index contributed by atoms with van der Waals surface area (Å²) in [5.41, 5.74) is 1.81. The fourth-order valence-electron chi connectivity index (χ4n) is 2.35. The van der Waals surface area contributed by atoms with E-state index in [1.165, 1.54) is 11.4 Å². The molecule has 0 saturated carbocycles. The van der Waals surface area contributed by atoms with Crippen molar-refractivity contribution in [3.8, 4) is 0 Å². The topological polar surface area (TPSA) is 95.6 Å². The smallest absolute Gasteiger partial charge is 0.271 e. The number of anilines is 2. The summed E-state index contributed by atoms with van der Waals surface area (Å²) in [6, 6.07) is 4.97. The first-order valence-corrected chi connectivity index (χ1v) is 10.2. The van der Waals surface area contributed by atoms with Gasteiger partial charge in [-0.2, -0.15) is 8.42 Å². The van der Waals surface area contributed by atoms with Gasteiger partial charge in [0, 0.05) is 13.6 Å². The van der Waals surface area contributed by atoms with Crippen LogP contribution < -0.4 is 13.7 Å². The van der Waals surface area contributed by atoms with Crippen molar-refractivity contribution in [3.05, 3.63) is 23.8 Å². The van der Waals surface area contributed by atoms with E-state index in [4.69, 9.17) is 0 Å². The zero-order chi connectivity index (χ0) is 16.4. The zero-order valence-corrected chi connectivity index (χ0v) is 14.3. The van der Waals surface area contributed by atoms with Gasteiger partial charge in [-0.05, 0) is 30.5 Å². The summed E-state index contributed by atoms with van der Waals surface area (Å²) in [5.74, 6) is 0.107. The molecule has 0 aromatic heterocycles. The second kappa shape index (κ2) is 6.43. The number of sulfonamides is 1. The molecule has 0 atom stereocenters.